The molecule has 3 N–H and O–H groups in total. The summed E-state index contributed by atoms with van der Waals surface area (Å²) >= 11 is 1.44. The minimum Gasteiger partial charge on any atom is -0.465 e. The van der Waals surface area contributed by atoms with E-state index in [9.17, 15) is 23.1 Å². The van der Waals surface area contributed by atoms with Crippen molar-refractivity contribution in [1.29, 1.82) is 0 Å². The van der Waals surface area contributed by atoms with Gasteiger partial charge in [0.1, 0.15) is 0 Å². The van der Waals surface area contributed by atoms with Gasteiger partial charge in [-0.2, -0.15) is 0 Å². The van der Waals surface area contributed by atoms with Crippen molar-refractivity contribution in [3.05, 3.63) is 65.3 Å². The summed E-state index contributed by atoms with van der Waals surface area (Å²) in [5.74, 6) is 0.189. The highest BCUT2D eigenvalue weighted by Crippen LogP contribution is 2.41. The van der Waals surface area contributed by atoms with Gasteiger partial charge in [-0.15, -0.1) is 11.3 Å². The van der Waals surface area contributed by atoms with Gasteiger partial charge in [0.2, 0.25) is 10.0 Å². The van der Waals surface area contributed by atoms with Crippen LogP contribution in [0.1, 0.15) is 89.8 Å². The third-order valence-electron chi connectivity index (χ3n) is 7.38. The van der Waals surface area contributed by atoms with Gasteiger partial charge in [0.05, 0.1) is 26.9 Å². The molecule has 1 aliphatic carbocycles. The summed E-state index contributed by atoms with van der Waals surface area (Å²) in [5, 5.41) is 14.0. The minimum atomic E-state index is -4.05. The van der Waals surface area contributed by atoms with E-state index < -0.39 is 33.8 Å². The van der Waals surface area contributed by atoms with Crippen molar-refractivity contribution in [2.75, 3.05) is 4.90 Å². The second-order valence-electron chi connectivity index (χ2n) is 12.5. The molecule has 10 nitrogen and oxygen atoms in total. The van der Waals surface area contributed by atoms with Crippen LogP contribution in [-0.2, 0) is 14.8 Å². The lowest BCUT2D eigenvalue weighted by Gasteiger charge is -2.28. The van der Waals surface area contributed by atoms with E-state index in [2.05, 4.69) is 15.0 Å². The van der Waals surface area contributed by atoms with Crippen LogP contribution in [0.3, 0.4) is 0 Å². The maximum absolute atomic E-state index is 13.8. The monoisotopic (exact) mass is 642 g/mol. The van der Waals surface area contributed by atoms with Gasteiger partial charge in [-0.25, -0.2) is 27.7 Å². The summed E-state index contributed by atoms with van der Waals surface area (Å²) in [4.78, 5) is 31.0. The first-order chi connectivity index (χ1) is 20.6. The number of hydrogen-bond donors (Lipinski definition) is 3. The molecule has 238 valence electrons. The molecule has 0 saturated heterocycles. The zero-order valence-corrected chi connectivity index (χ0v) is 27.7. The molecule has 2 aromatic carbocycles. The number of anilines is 1. The molecule has 1 heterocycles. The lowest BCUT2D eigenvalue weighted by atomic mass is 9.86. The number of carboxylic acid groups (broad SMARTS) is 1. The maximum atomic E-state index is 13.8. The van der Waals surface area contributed by atoms with Crippen molar-refractivity contribution < 1.29 is 27.9 Å². The molecule has 1 aliphatic rings. The molecule has 0 unspecified atom stereocenters. The Morgan fingerprint density at radius 1 is 1.05 bits per heavy atom. The molecule has 1 atom stereocenters. The molecule has 0 aliphatic heterocycles. The molecule has 1 fully saturated rings. The summed E-state index contributed by atoms with van der Waals surface area (Å²) in [7, 11) is -4.05. The molecule has 1 saturated carbocycles. The number of carbonyl (C=O) groups is 2. The Kier molecular flexibility index (Phi) is 10.4. The largest absolute Gasteiger partial charge is 0.465 e. The number of thiazole rings is 1. The highest BCUT2D eigenvalue weighted by Gasteiger charge is 2.31. The van der Waals surface area contributed by atoms with Crippen molar-refractivity contribution in [3.63, 3.8) is 0 Å². The Morgan fingerprint density at radius 3 is 2.30 bits per heavy atom. The van der Waals surface area contributed by atoms with Crippen LogP contribution in [0.4, 0.5) is 15.3 Å². The summed E-state index contributed by atoms with van der Waals surface area (Å²) < 4.78 is 35.5. The number of sulfonamides is 1. The third-order valence-corrected chi connectivity index (χ3v) is 10.4. The predicted molar refractivity (Wildman–Crippen MR) is 173 cm³/mol. The first-order valence-electron chi connectivity index (χ1n) is 14.8. The van der Waals surface area contributed by atoms with Gasteiger partial charge < -0.3 is 15.2 Å². The first kappa shape index (κ1) is 33.4. The number of nitrogens with zero attached hydrogens (tertiary/aromatic N) is 2. The summed E-state index contributed by atoms with van der Waals surface area (Å²) in [6.45, 7) is 10.7. The smallest absolute Gasteiger partial charge is 0.412 e. The van der Waals surface area contributed by atoms with Crippen LogP contribution < -0.4 is 14.9 Å². The number of alkyl carbamates (subject to hydrolysis) is 1. The lowest BCUT2D eigenvalue weighted by Crippen LogP contribution is -2.40. The fraction of sp³-hybridized carbons (Fsp3) is 0.469. The van der Waals surface area contributed by atoms with Gasteiger partial charge in [-0.1, -0.05) is 36.4 Å². The van der Waals surface area contributed by atoms with Crippen LogP contribution >= 0.6 is 11.3 Å². The molecular weight excluding hydrogens is 601 g/mol. The number of benzene rings is 2. The molecule has 44 heavy (non-hydrogen) atoms. The fourth-order valence-corrected chi connectivity index (χ4v) is 8.28. The maximum Gasteiger partial charge on any atom is 0.412 e. The Bertz CT molecular complexity index is 1560. The summed E-state index contributed by atoms with van der Waals surface area (Å²) in [6, 6.07) is 13.4. The van der Waals surface area contributed by atoms with E-state index in [4.69, 9.17) is 4.74 Å². The molecule has 12 heteroatoms. The Labute approximate surface area is 263 Å². The van der Waals surface area contributed by atoms with E-state index in [1.54, 1.807) is 46.0 Å². The highest BCUT2D eigenvalue weighted by molar-refractivity contribution is 7.89. The first-order valence-corrected chi connectivity index (χ1v) is 17.1. The number of nitrogens with one attached hydrogen (secondary N) is 2. The number of carbonyl (C=O) groups excluding carboxylic acids is 1. The summed E-state index contributed by atoms with van der Waals surface area (Å²) in [5.41, 5.74) is 0.727. The third kappa shape index (κ3) is 8.36. The molecule has 4 rings (SSSR count). The van der Waals surface area contributed by atoms with E-state index in [0.717, 1.165) is 36.3 Å². The van der Waals surface area contributed by atoms with Crippen LogP contribution in [0.15, 0.2) is 59.6 Å². The molecule has 0 bridgehead atoms. The van der Waals surface area contributed by atoms with E-state index in [0.29, 0.717) is 10.4 Å². The van der Waals surface area contributed by atoms with Gasteiger partial charge in [-0.3, -0.25) is 4.90 Å². The molecule has 0 radical (unpaired) electrons. The van der Waals surface area contributed by atoms with Gasteiger partial charge in [0, 0.05) is 34.9 Å². The van der Waals surface area contributed by atoms with Gasteiger partial charge in [0.15, 0.2) is 0 Å². The number of hydrogen-bond acceptors (Lipinski definition) is 7. The van der Waals surface area contributed by atoms with E-state index in [1.165, 1.54) is 22.3 Å². The lowest BCUT2D eigenvalue weighted by molar-refractivity contribution is 0.109. The fourth-order valence-electron chi connectivity index (χ4n) is 5.43. The normalized spacial score (nSPS) is 18.1. The minimum absolute atomic E-state index is 0.0109. The molecule has 1 aromatic heterocycles. The standard InChI is InChI=1S/C32H42N4O6S2/c1-20(2)42-30(37)34-24-14-12-23(13-15-24)29-33-19-27(43-29)26-17-16-25(18-28(26)44(40,41)35-32(4,5)6)36(31(38)39)21(3)22-10-8-7-9-11-22/h7-11,16-21,23-24,35H,12-15H2,1-6H3,(H,34,37)(H,38,39)/t21-,23?,24?/m1/s1. The second kappa shape index (κ2) is 13.7. The van der Waals surface area contributed by atoms with Crippen LogP contribution in [-0.4, -0.2) is 48.4 Å². The van der Waals surface area contributed by atoms with Crippen molar-refractivity contribution in [1.82, 2.24) is 15.0 Å². The van der Waals surface area contributed by atoms with E-state index in [1.807, 2.05) is 44.2 Å². The van der Waals surface area contributed by atoms with E-state index >= 15 is 0 Å². The Hall–Kier alpha value is -3.48. The van der Waals surface area contributed by atoms with Crippen LogP contribution in [0.5, 0.6) is 0 Å². The van der Waals surface area contributed by atoms with Gasteiger partial charge in [-0.05, 0) is 84.9 Å². The summed E-state index contributed by atoms with van der Waals surface area (Å²) in [6.07, 6.45) is 3.17. The molecular formula is C32H42N4O6S2. The van der Waals surface area contributed by atoms with Crippen molar-refractivity contribution >= 4 is 39.2 Å². The van der Waals surface area contributed by atoms with E-state index in [-0.39, 0.29) is 28.6 Å². The SMILES string of the molecule is CC(C)OC(=O)NC1CCC(c2ncc(-c3ccc(N(C(=O)O)[C@H](C)c4ccccc4)cc3S(=O)(=O)NC(C)(C)C)s2)CC1. The zero-order chi connectivity index (χ0) is 32.2. The van der Waals surface area contributed by atoms with Crippen LogP contribution in [0, 0.1) is 0 Å². The van der Waals surface area contributed by atoms with Crippen LogP contribution in [0.25, 0.3) is 10.4 Å². The average Bonchev–Trinajstić information content (AvgIpc) is 3.42. The van der Waals surface area contributed by atoms with Crippen molar-refractivity contribution in [2.45, 2.75) is 102 Å². The van der Waals surface area contributed by atoms with Crippen LogP contribution in [0.2, 0.25) is 0 Å². The van der Waals surface area contributed by atoms with Gasteiger partial charge >= 0.3 is 12.2 Å². The molecule has 0 spiro atoms. The Morgan fingerprint density at radius 2 is 1.70 bits per heavy atom. The van der Waals surface area contributed by atoms with Gasteiger partial charge in [0.25, 0.3) is 0 Å². The molecule has 3 aromatic rings. The quantitative estimate of drug-likeness (QED) is 0.223. The van der Waals surface area contributed by atoms with Crippen molar-refractivity contribution in [2.24, 2.45) is 0 Å². The topological polar surface area (TPSA) is 138 Å². The number of amides is 2. The predicted octanol–water partition coefficient (Wildman–Crippen LogP) is 7.29. The number of rotatable bonds is 9. The molecule has 2 amide bonds. The second-order valence-corrected chi connectivity index (χ2v) is 15.2. The highest BCUT2D eigenvalue weighted by atomic mass is 32.2. The number of aromatic nitrogens is 1. The van der Waals surface area contributed by atoms with Crippen molar-refractivity contribution in [3.8, 4) is 10.4 Å². The average molecular weight is 643 g/mol. The zero-order valence-electron chi connectivity index (χ0n) is 26.0. The number of ether oxygens (including phenoxy) is 1. The Balaban J connectivity index is 1.65.